The summed E-state index contributed by atoms with van der Waals surface area (Å²) < 4.78 is 5.45. The third-order valence-corrected chi connectivity index (χ3v) is 6.34. The molecule has 7 nitrogen and oxygen atoms in total. The number of carbonyl (C=O) groups is 3. The number of amides is 3. The normalized spacial score (nSPS) is 16.4. The van der Waals surface area contributed by atoms with Crippen LogP contribution in [0.25, 0.3) is 0 Å². The van der Waals surface area contributed by atoms with Gasteiger partial charge in [-0.25, -0.2) is 4.79 Å². The lowest BCUT2D eigenvalue weighted by molar-refractivity contribution is -0.145. The Balaban J connectivity index is 2.43. The Morgan fingerprint density at radius 2 is 1.69 bits per heavy atom. The highest BCUT2D eigenvalue weighted by Gasteiger charge is 2.38. The van der Waals surface area contributed by atoms with E-state index in [0.717, 1.165) is 36.8 Å². The van der Waals surface area contributed by atoms with Crippen LogP contribution in [0.2, 0.25) is 0 Å². The standard InChI is InChI=1S/C29H47N3O4/c1-19(2)17-24(31-28(35)36-29(6,7)8)27(34)32(20(3)4)25(22-14-12-13-21(5)18-22)26(33)30-23-15-10-9-11-16-23/h12-14,18-20,23-25H,9-11,15-17H2,1-8H3,(H,30,33)(H,31,35). The zero-order valence-corrected chi connectivity index (χ0v) is 23.5. The number of hydrogen-bond acceptors (Lipinski definition) is 4. The fourth-order valence-corrected chi connectivity index (χ4v) is 4.81. The molecule has 3 amide bonds. The molecule has 36 heavy (non-hydrogen) atoms. The van der Waals surface area contributed by atoms with Gasteiger partial charge in [0.1, 0.15) is 17.7 Å². The number of benzene rings is 1. The maximum Gasteiger partial charge on any atom is 0.408 e. The van der Waals surface area contributed by atoms with E-state index in [1.54, 1.807) is 25.7 Å². The van der Waals surface area contributed by atoms with Crippen molar-refractivity contribution in [3.05, 3.63) is 35.4 Å². The van der Waals surface area contributed by atoms with Gasteiger partial charge in [0.05, 0.1) is 0 Å². The molecule has 1 aromatic rings. The van der Waals surface area contributed by atoms with Gasteiger partial charge in [-0.3, -0.25) is 9.59 Å². The summed E-state index contributed by atoms with van der Waals surface area (Å²) in [6.45, 7) is 15.2. The molecular formula is C29H47N3O4. The summed E-state index contributed by atoms with van der Waals surface area (Å²) in [5.41, 5.74) is 1.10. The lowest BCUT2D eigenvalue weighted by atomic mass is 9.93. The molecule has 1 aliphatic rings. The summed E-state index contributed by atoms with van der Waals surface area (Å²) in [6, 6.07) is 6.01. The number of alkyl carbamates (subject to hydrolysis) is 1. The minimum atomic E-state index is -0.808. The molecule has 2 N–H and O–H groups in total. The molecule has 2 atom stereocenters. The Kier molecular flexibility index (Phi) is 10.8. The molecule has 2 rings (SSSR count). The van der Waals surface area contributed by atoms with Crippen LogP contribution in [0, 0.1) is 12.8 Å². The van der Waals surface area contributed by atoms with Crippen molar-refractivity contribution in [2.75, 3.05) is 0 Å². The molecule has 1 aliphatic carbocycles. The average molecular weight is 502 g/mol. The maximum absolute atomic E-state index is 14.1. The number of aryl methyl sites for hydroxylation is 1. The van der Waals surface area contributed by atoms with E-state index in [1.165, 1.54) is 6.42 Å². The van der Waals surface area contributed by atoms with Crippen molar-refractivity contribution in [3.63, 3.8) is 0 Å². The Bertz CT molecular complexity index is 885. The summed E-state index contributed by atoms with van der Waals surface area (Å²) in [6.07, 6.45) is 5.11. The minimum Gasteiger partial charge on any atom is -0.444 e. The van der Waals surface area contributed by atoms with Crippen LogP contribution in [0.5, 0.6) is 0 Å². The molecule has 0 heterocycles. The number of nitrogens with one attached hydrogen (secondary N) is 2. The quantitative estimate of drug-likeness (QED) is 0.457. The van der Waals surface area contributed by atoms with Crippen molar-refractivity contribution in [1.29, 1.82) is 0 Å². The molecule has 2 unspecified atom stereocenters. The van der Waals surface area contributed by atoms with E-state index in [0.29, 0.717) is 6.42 Å². The number of ether oxygens (including phenoxy) is 1. The van der Waals surface area contributed by atoms with Gasteiger partial charge >= 0.3 is 6.09 Å². The minimum absolute atomic E-state index is 0.119. The van der Waals surface area contributed by atoms with E-state index in [-0.39, 0.29) is 29.8 Å². The van der Waals surface area contributed by atoms with Crippen LogP contribution in [0.1, 0.15) is 104 Å². The van der Waals surface area contributed by atoms with Gasteiger partial charge in [0.25, 0.3) is 0 Å². The summed E-state index contributed by atoms with van der Waals surface area (Å²) in [5.74, 6) is -0.304. The van der Waals surface area contributed by atoms with Crippen LogP contribution in [0.4, 0.5) is 4.79 Å². The highest BCUT2D eigenvalue weighted by Crippen LogP contribution is 2.28. The molecule has 7 heteroatoms. The van der Waals surface area contributed by atoms with Crippen molar-refractivity contribution in [1.82, 2.24) is 15.5 Å². The summed E-state index contributed by atoms with van der Waals surface area (Å²) >= 11 is 0. The molecule has 202 valence electrons. The average Bonchev–Trinajstić information content (AvgIpc) is 2.75. The van der Waals surface area contributed by atoms with Gasteiger partial charge in [-0.05, 0) is 72.3 Å². The van der Waals surface area contributed by atoms with Crippen molar-refractivity contribution in [2.45, 2.75) is 124 Å². The number of carbonyl (C=O) groups excluding carboxylic acids is 3. The largest absolute Gasteiger partial charge is 0.444 e. The van der Waals surface area contributed by atoms with E-state index in [2.05, 4.69) is 10.6 Å². The molecule has 1 aromatic carbocycles. The van der Waals surface area contributed by atoms with Crippen LogP contribution in [0.3, 0.4) is 0 Å². The van der Waals surface area contributed by atoms with Gasteiger partial charge < -0.3 is 20.3 Å². The van der Waals surface area contributed by atoms with Crippen molar-refractivity contribution < 1.29 is 19.1 Å². The molecule has 1 fully saturated rings. The summed E-state index contributed by atoms with van der Waals surface area (Å²) in [7, 11) is 0. The molecule has 1 saturated carbocycles. The first-order chi connectivity index (χ1) is 16.8. The number of hydrogen-bond donors (Lipinski definition) is 2. The third-order valence-electron chi connectivity index (χ3n) is 6.34. The fourth-order valence-electron chi connectivity index (χ4n) is 4.81. The lowest BCUT2D eigenvalue weighted by Gasteiger charge is -2.38. The molecule has 0 spiro atoms. The molecule has 0 aromatic heterocycles. The summed E-state index contributed by atoms with van der Waals surface area (Å²) in [5, 5.41) is 6.03. The Morgan fingerprint density at radius 1 is 1.06 bits per heavy atom. The predicted octanol–water partition coefficient (Wildman–Crippen LogP) is 5.66. The Hall–Kier alpha value is -2.57. The second-order valence-electron chi connectivity index (χ2n) is 11.8. The van der Waals surface area contributed by atoms with Crippen molar-refractivity contribution in [2.24, 2.45) is 5.92 Å². The first-order valence-corrected chi connectivity index (χ1v) is 13.5. The van der Waals surface area contributed by atoms with Crippen molar-refractivity contribution >= 4 is 17.9 Å². The SMILES string of the molecule is Cc1cccc(C(C(=O)NC2CCCCC2)N(C(=O)C(CC(C)C)NC(=O)OC(C)(C)C)C(C)C)c1. The smallest absolute Gasteiger partial charge is 0.408 e. The van der Waals surface area contributed by atoms with Gasteiger partial charge in [0.2, 0.25) is 11.8 Å². The van der Waals surface area contributed by atoms with Crippen LogP contribution >= 0.6 is 0 Å². The van der Waals surface area contributed by atoms with Crippen LogP contribution in [0.15, 0.2) is 24.3 Å². The lowest BCUT2D eigenvalue weighted by Crippen LogP contribution is -2.56. The first kappa shape index (κ1) is 29.7. The second kappa shape index (κ2) is 13.1. The van der Waals surface area contributed by atoms with Crippen LogP contribution in [-0.4, -0.2) is 46.5 Å². The highest BCUT2D eigenvalue weighted by atomic mass is 16.6. The molecule has 0 radical (unpaired) electrons. The van der Waals surface area contributed by atoms with Gasteiger partial charge in [-0.2, -0.15) is 0 Å². The zero-order chi connectivity index (χ0) is 27.0. The van der Waals surface area contributed by atoms with Crippen LogP contribution < -0.4 is 10.6 Å². The van der Waals surface area contributed by atoms with Gasteiger partial charge in [-0.15, -0.1) is 0 Å². The van der Waals surface area contributed by atoms with E-state index in [9.17, 15) is 14.4 Å². The fraction of sp³-hybridized carbons (Fsp3) is 0.690. The second-order valence-corrected chi connectivity index (χ2v) is 11.8. The number of nitrogens with zero attached hydrogens (tertiary/aromatic N) is 1. The Labute approximate surface area is 217 Å². The Morgan fingerprint density at radius 3 is 2.22 bits per heavy atom. The van der Waals surface area contributed by atoms with E-state index in [1.807, 2.05) is 58.9 Å². The topological polar surface area (TPSA) is 87.7 Å². The summed E-state index contributed by atoms with van der Waals surface area (Å²) in [4.78, 5) is 42.2. The maximum atomic E-state index is 14.1. The van der Waals surface area contributed by atoms with Gasteiger partial charge in [0, 0.05) is 12.1 Å². The van der Waals surface area contributed by atoms with E-state index < -0.39 is 23.8 Å². The first-order valence-electron chi connectivity index (χ1n) is 13.5. The highest BCUT2D eigenvalue weighted by molar-refractivity contribution is 5.92. The molecule has 0 aliphatic heterocycles. The van der Waals surface area contributed by atoms with Gasteiger partial charge in [-0.1, -0.05) is 62.9 Å². The van der Waals surface area contributed by atoms with Crippen molar-refractivity contribution in [3.8, 4) is 0 Å². The number of rotatable bonds is 9. The molecular weight excluding hydrogens is 454 g/mol. The monoisotopic (exact) mass is 501 g/mol. The molecule has 0 bridgehead atoms. The van der Waals surface area contributed by atoms with E-state index in [4.69, 9.17) is 4.74 Å². The predicted molar refractivity (Wildman–Crippen MR) is 144 cm³/mol. The van der Waals surface area contributed by atoms with E-state index >= 15 is 0 Å². The van der Waals surface area contributed by atoms with Gasteiger partial charge in [0.15, 0.2) is 0 Å². The molecule has 0 saturated heterocycles. The third kappa shape index (κ3) is 9.14. The van der Waals surface area contributed by atoms with Crippen LogP contribution in [-0.2, 0) is 14.3 Å². The zero-order valence-electron chi connectivity index (χ0n) is 23.5.